The second-order valence-electron chi connectivity index (χ2n) is 3.68. The third-order valence-electron chi connectivity index (χ3n) is 2.72. The molecule has 1 unspecified atom stereocenters. The predicted molar refractivity (Wildman–Crippen MR) is 55.3 cm³/mol. The fourth-order valence-electron chi connectivity index (χ4n) is 2.00. The summed E-state index contributed by atoms with van der Waals surface area (Å²) in [6.45, 7) is 0. The van der Waals surface area contributed by atoms with E-state index in [-0.39, 0.29) is 11.7 Å². The van der Waals surface area contributed by atoms with Gasteiger partial charge in [0, 0.05) is 12.1 Å². The lowest BCUT2D eigenvalue weighted by Crippen LogP contribution is -2.24. The third-order valence-corrected chi connectivity index (χ3v) is 2.72. The van der Waals surface area contributed by atoms with Crippen LogP contribution in [0, 0.1) is 10.1 Å². The molecule has 1 amide bonds. The van der Waals surface area contributed by atoms with E-state index in [0.717, 1.165) is 17.5 Å². The second kappa shape index (κ2) is 3.80. The Bertz CT molecular complexity index is 458. The van der Waals surface area contributed by atoms with E-state index in [1.807, 2.05) is 0 Å². The SMILES string of the molecule is O=C(O)NC1CCc2ccc([N+](=O)[O-])cc21. The molecule has 2 N–H and O–H groups in total. The Hall–Kier alpha value is -2.11. The van der Waals surface area contributed by atoms with Crippen molar-refractivity contribution in [3.8, 4) is 0 Å². The van der Waals surface area contributed by atoms with Crippen LogP contribution in [0.1, 0.15) is 23.6 Å². The molecule has 0 fully saturated rings. The zero-order valence-electron chi connectivity index (χ0n) is 8.34. The fraction of sp³-hybridized carbons (Fsp3) is 0.300. The normalized spacial score (nSPS) is 17.9. The Balaban J connectivity index is 2.33. The van der Waals surface area contributed by atoms with Gasteiger partial charge in [0.15, 0.2) is 0 Å². The van der Waals surface area contributed by atoms with E-state index in [4.69, 9.17) is 5.11 Å². The molecule has 0 spiro atoms. The van der Waals surface area contributed by atoms with E-state index in [9.17, 15) is 14.9 Å². The first-order valence-electron chi connectivity index (χ1n) is 4.84. The first-order valence-corrected chi connectivity index (χ1v) is 4.84. The summed E-state index contributed by atoms with van der Waals surface area (Å²) in [4.78, 5) is 20.7. The highest BCUT2D eigenvalue weighted by molar-refractivity contribution is 5.65. The summed E-state index contributed by atoms with van der Waals surface area (Å²) in [7, 11) is 0. The van der Waals surface area contributed by atoms with Gasteiger partial charge in [-0.3, -0.25) is 10.1 Å². The van der Waals surface area contributed by atoms with Crippen LogP contribution < -0.4 is 5.32 Å². The van der Waals surface area contributed by atoms with Crippen LogP contribution in [0.5, 0.6) is 0 Å². The van der Waals surface area contributed by atoms with Gasteiger partial charge in [0.2, 0.25) is 0 Å². The topological polar surface area (TPSA) is 92.5 Å². The van der Waals surface area contributed by atoms with Gasteiger partial charge < -0.3 is 10.4 Å². The second-order valence-corrected chi connectivity index (χ2v) is 3.68. The molecule has 0 heterocycles. The number of aryl methyl sites for hydroxylation is 1. The molecule has 84 valence electrons. The maximum atomic E-state index is 10.6. The number of carbonyl (C=O) groups is 1. The quantitative estimate of drug-likeness (QED) is 0.589. The Morgan fingerprint density at radius 2 is 2.31 bits per heavy atom. The maximum absolute atomic E-state index is 10.6. The zero-order valence-corrected chi connectivity index (χ0v) is 8.34. The average molecular weight is 222 g/mol. The van der Waals surface area contributed by atoms with Crippen molar-refractivity contribution >= 4 is 11.8 Å². The number of rotatable bonds is 2. The number of fused-ring (bicyclic) bond motifs is 1. The van der Waals surface area contributed by atoms with Gasteiger partial charge in [-0.1, -0.05) is 6.07 Å². The number of benzene rings is 1. The summed E-state index contributed by atoms with van der Waals surface area (Å²) < 4.78 is 0. The highest BCUT2D eigenvalue weighted by Gasteiger charge is 2.25. The number of nitro groups is 1. The van der Waals surface area contributed by atoms with Crippen LogP contribution in [0.15, 0.2) is 18.2 Å². The minimum absolute atomic E-state index is 0.00200. The molecule has 1 aromatic carbocycles. The third kappa shape index (κ3) is 1.81. The zero-order chi connectivity index (χ0) is 11.7. The van der Waals surface area contributed by atoms with Gasteiger partial charge in [-0.05, 0) is 24.0 Å². The molecule has 1 aliphatic carbocycles. The summed E-state index contributed by atoms with van der Waals surface area (Å²) in [5, 5.41) is 21.6. The molecule has 0 aliphatic heterocycles. The Morgan fingerprint density at radius 3 is 2.94 bits per heavy atom. The van der Waals surface area contributed by atoms with Gasteiger partial charge in [0.1, 0.15) is 0 Å². The Kier molecular flexibility index (Phi) is 2.47. The molecular weight excluding hydrogens is 212 g/mol. The smallest absolute Gasteiger partial charge is 0.405 e. The van der Waals surface area contributed by atoms with Crippen molar-refractivity contribution in [1.29, 1.82) is 0 Å². The first kappa shape index (κ1) is 10.4. The van der Waals surface area contributed by atoms with Crippen LogP contribution in [0.25, 0.3) is 0 Å². The summed E-state index contributed by atoms with van der Waals surface area (Å²) in [5.74, 6) is 0. The largest absolute Gasteiger partial charge is 0.465 e. The van der Waals surface area contributed by atoms with E-state index in [2.05, 4.69) is 5.32 Å². The summed E-state index contributed by atoms with van der Waals surface area (Å²) >= 11 is 0. The van der Waals surface area contributed by atoms with Crippen LogP contribution in [0.3, 0.4) is 0 Å². The highest BCUT2D eigenvalue weighted by atomic mass is 16.6. The number of amides is 1. The number of non-ortho nitro benzene ring substituents is 1. The van der Waals surface area contributed by atoms with Crippen LogP contribution in [0.2, 0.25) is 0 Å². The van der Waals surface area contributed by atoms with E-state index in [0.29, 0.717) is 6.42 Å². The fourth-order valence-corrected chi connectivity index (χ4v) is 2.00. The van der Waals surface area contributed by atoms with E-state index >= 15 is 0 Å². The standard InChI is InChI=1S/C10H10N2O4/c13-10(14)11-9-4-2-6-1-3-7(12(15)16)5-8(6)9/h1,3,5,9,11H,2,4H2,(H,13,14). The number of nitro benzene ring substituents is 1. The molecule has 0 saturated carbocycles. The molecule has 0 saturated heterocycles. The molecule has 6 nitrogen and oxygen atoms in total. The Labute approximate surface area is 91.0 Å². The highest BCUT2D eigenvalue weighted by Crippen LogP contribution is 2.33. The molecule has 1 aromatic rings. The van der Waals surface area contributed by atoms with Gasteiger partial charge >= 0.3 is 6.09 Å². The van der Waals surface area contributed by atoms with Crippen LogP contribution >= 0.6 is 0 Å². The predicted octanol–water partition coefficient (Wildman–Crippen LogP) is 1.85. The molecule has 1 aliphatic rings. The minimum atomic E-state index is -1.11. The average Bonchev–Trinajstić information content (AvgIpc) is 2.60. The number of hydrogen-bond acceptors (Lipinski definition) is 3. The summed E-state index contributed by atoms with van der Waals surface area (Å²) in [5.41, 5.74) is 1.69. The van der Waals surface area contributed by atoms with Crippen LogP contribution in [0.4, 0.5) is 10.5 Å². The van der Waals surface area contributed by atoms with E-state index in [1.54, 1.807) is 6.07 Å². The molecule has 1 atom stereocenters. The van der Waals surface area contributed by atoms with Crippen molar-refractivity contribution in [1.82, 2.24) is 5.32 Å². The van der Waals surface area contributed by atoms with Gasteiger partial charge in [-0.15, -0.1) is 0 Å². The molecular formula is C10H10N2O4. The van der Waals surface area contributed by atoms with Crippen molar-refractivity contribution in [3.63, 3.8) is 0 Å². The van der Waals surface area contributed by atoms with Gasteiger partial charge in [-0.25, -0.2) is 4.79 Å². The van der Waals surface area contributed by atoms with Gasteiger partial charge in [0.25, 0.3) is 5.69 Å². The lowest BCUT2D eigenvalue weighted by Gasteiger charge is -2.10. The molecule has 2 rings (SSSR count). The van der Waals surface area contributed by atoms with Crippen LogP contribution in [-0.2, 0) is 6.42 Å². The lowest BCUT2D eigenvalue weighted by molar-refractivity contribution is -0.384. The molecule has 0 radical (unpaired) electrons. The Morgan fingerprint density at radius 1 is 1.56 bits per heavy atom. The molecule has 6 heteroatoms. The lowest BCUT2D eigenvalue weighted by atomic mass is 10.1. The first-order chi connectivity index (χ1) is 7.58. The molecule has 16 heavy (non-hydrogen) atoms. The summed E-state index contributed by atoms with van der Waals surface area (Å²) in [6.07, 6.45) is 0.297. The molecule has 0 bridgehead atoms. The van der Waals surface area contributed by atoms with Gasteiger partial charge in [-0.2, -0.15) is 0 Å². The number of carboxylic acid groups (broad SMARTS) is 1. The molecule has 0 aromatic heterocycles. The van der Waals surface area contributed by atoms with Crippen molar-refractivity contribution in [2.24, 2.45) is 0 Å². The van der Waals surface area contributed by atoms with Gasteiger partial charge in [0.05, 0.1) is 11.0 Å². The maximum Gasteiger partial charge on any atom is 0.405 e. The van der Waals surface area contributed by atoms with Crippen molar-refractivity contribution < 1.29 is 14.8 Å². The summed E-state index contributed by atoms with van der Waals surface area (Å²) in [6, 6.07) is 4.26. The van der Waals surface area contributed by atoms with E-state index in [1.165, 1.54) is 12.1 Å². The number of nitrogens with one attached hydrogen (secondary N) is 1. The number of hydrogen-bond donors (Lipinski definition) is 2. The van der Waals surface area contributed by atoms with E-state index < -0.39 is 11.0 Å². The van der Waals surface area contributed by atoms with Crippen molar-refractivity contribution in [3.05, 3.63) is 39.4 Å². The van der Waals surface area contributed by atoms with Crippen molar-refractivity contribution in [2.45, 2.75) is 18.9 Å². The van der Waals surface area contributed by atoms with Crippen LogP contribution in [-0.4, -0.2) is 16.1 Å². The monoisotopic (exact) mass is 222 g/mol. The van der Waals surface area contributed by atoms with Crippen molar-refractivity contribution in [2.75, 3.05) is 0 Å². The minimum Gasteiger partial charge on any atom is -0.465 e. The number of nitrogens with zero attached hydrogens (tertiary/aromatic N) is 1.